The van der Waals surface area contributed by atoms with Crippen LogP contribution in [0.3, 0.4) is 0 Å². The van der Waals surface area contributed by atoms with Crippen LogP contribution in [0.4, 0.5) is 10.1 Å². The third-order valence-corrected chi connectivity index (χ3v) is 5.92. The van der Waals surface area contributed by atoms with Crippen LogP contribution in [0.5, 0.6) is 5.75 Å². The smallest absolute Gasteiger partial charge is 0.262 e. The van der Waals surface area contributed by atoms with Gasteiger partial charge in [0.1, 0.15) is 11.6 Å². The van der Waals surface area contributed by atoms with Gasteiger partial charge < -0.3 is 15.2 Å². The molecule has 1 fully saturated rings. The molecule has 1 aliphatic carbocycles. The molecule has 6 nitrogen and oxygen atoms in total. The van der Waals surface area contributed by atoms with Crippen LogP contribution in [-0.4, -0.2) is 34.0 Å². The Morgan fingerprint density at radius 2 is 1.93 bits per heavy atom. The summed E-state index contributed by atoms with van der Waals surface area (Å²) in [4.78, 5) is 11.7. The molecule has 154 valence electrons. The summed E-state index contributed by atoms with van der Waals surface area (Å²) in [7, 11) is 0. The number of hydrogen-bond donors (Lipinski definition) is 2. The lowest BCUT2D eigenvalue weighted by Gasteiger charge is -2.19. The minimum atomic E-state index is -0.300. The van der Waals surface area contributed by atoms with Gasteiger partial charge in [-0.05, 0) is 61.7 Å². The highest BCUT2D eigenvalue weighted by molar-refractivity contribution is 5.97. The normalized spacial score (nSPS) is 16.6. The first-order valence-corrected chi connectivity index (χ1v) is 9.99. The van der Waals surface area contributed by atoms with Gasteiger partial charge in [-0.3, -0.25) is 9.48 Å². The number of nitrogens with one attached hydrogen (secondary N) is 1. The van der Waals surface area contributed by atoms with Crippen LogP contribution in [0, 0.1) is 18.2 Å². The standard InChI is InChI=1S/C23H22FN3O3/c1-14-21(16-4-7-19-18(10-16)25-20(29)11-30-19)22(15-2-5-17(24)6-3-15)27(26-14)12-23(13-28)8-9-23/h2-7,10,28H,8-9,11-13H2,1H3,(H,25,29). The van der Waals surface area contributed by atoms with Gasteiger partial charge in [-0.15, -0.1) is 0 Å². The number of aliphatic hydroxyl groups is 1. The number of halogens is 1. The van der Waals surface area contributed by atoms with E-state index in [9.17, 15) is 14.3 Å². The number of carbonyl (C=O) groups excluding carboxylic acids is 1. The molecule has 0 atom stereocenters. The van der Waals surface area contributed by atoms with E-state index < -0.39 is 0 Å². The molecule has 0 radical (unpaired) electrons. The first-order valence-electron chi connectivity index (χ1n) is 9.99. The summed E-state index contributed by atoms with van der Waals surface area (Å²) in [5.74, 6) is 0.138. The molecule has 2 N–H and O–H groups in total. The number of ether oxygens (including phenoxy) is 1. The van der Waals surface area contributed by atoms with Crippen molar-refractivity contribution in [1.82, 2.24) is 9.78 Å². The summed E-state index contributed by atoms with van der Waals surface area (Å²) < 4.78 is 21.0. The summed E-state index contributed by atoms with van der Waals surface area (Å²) in [5.41, 5.74) is 4.83. The third-order valence-electron chi connectivity index (χ3n) is 5.92. The van der Waals surface area contributed by atoms with Gasteiger partial charge in [0.15, 0.2) is 6.61 Å². The Morgan fingerprint density at radius 1 is 1.20 bits per heavy atom. The fraction of sp³-hybridized carbons (Fsp3) is 0.304. The van der Waals surface area contributed by atoms with Gasteiger partial charge in [0.2, 0.25) is 0 Å². The first-order chi connectivity index (χ1) is 14.5. The van der Waals surface area contributed by atoms with Crippen molar-refractivity contribution in [1.29, 1.82) is 0 Å². The monoisotopic (exact) mass is 407 g/mol. The maximum atomic E-state index is 13.6. The number of nitrogens with zero attached hydrogens (tertiary/aromatic N) is 2. The van der Waals surface area contributed by atoms with E-state index in [1.54, 1.807) is 12.1 Å². The van der Waals surface area contributed by atoms with Crippen LogP contribution in [0.15, 0.2) is 42.5 Å². The summed E-state index contributed by atoms with van der Waals surface area (Å²) in [6, 6.07) is 12.0. The van der Waals surface area contributed by atoms with Crippen LogP contribution in [0.2, 0.25) is 0 Å². The van der Waals surface area contributed by atoms with E-state index in [-0.39, 0.29) is 30.4 Å². The molecule has 0 unspecified atom stereocenters. The number of fused-ring (bicyclic) bond motifs is 1. The van der Waals surface area contributed by atoms with Gasteiger partial charge in [0, 0.05) is 23.1 Å². The highest BCUT2D eigenvalue weighted by Crippen LogP contribution is 2.48. The van der Waals surface area contributed by atoms with E-state index in [0.29, 0.717) is 18.0 Å². The van der Waals surface area contributed by atoms with E-state index in [1.807, 2.05) is 29.8 Å². The van der Waals surface area contributed by atoms with Crippen molar-refractivity contribution in [3.8, 4) is 28.1 Å². The number of aromatic nitrogens is 2. The van der Waals surface area contributed by atoms with E-state index in [0.717, 1.165) is 40.9 Å². The fourth-order valence-electron chi connectivity index (χ4n) is 4.04. The molecule has 30 heavy (non-hydrogen) atoms. The van der Waals surface area contributed by atoms with Crippen molar-refractivity contribution in [2.45, 2.75) is 26.3 Å². The van der Waals surface area contributed by atoms with Gasteiger partial charge in [0.05, 0.1) is 23.7 Å². The summed E-state index contributed by atoms with van der Waals surface area (Å²) in [6.07, 6.45) is 1.92. The summed E-state index contributed by atoms with van der Waals surface area (Å²) in [5, 5.41) is 17.4. The molecular weight excluding hydrogens is 385 g/mol. The van der Waals surface area contributed by atoms with Crippen molar-refractivity contribution < 1.29 is 19.0 Å². The molecule has 1 aromatic heterocycles. The second-order valence-corrected chi connectivity index (χ2v) is 8.18. The van der Waals surface area contributed by atoms with Crippen LogP contribution in [-0.2, 0) is 11.3 Å². The molecule has 0 saturated heterocycles. The van der Waals surface area contributed by atoms with Crippen molar-refractivity contribution in [2.75, 3.05) is 18.5 Å². The number of carbonyl (C=O) groups is 1. The molecule has 0 spiro atoms. The molecule has 2 aliphatic rings. The molecular formula is C23H22FN3O3. The predicted molar refractivity (Wildman–Crippen MR) is 111 cm³/mol. The number of aryl methyl sites for hydroxylation is 1. The number of anilines is 1. The molecule has 1 saturated carbocycles. The average Bonchev–Trinajstić information content (AvgIpc) is 3.44. The second-order valence-electron chi connectivity index (χ2n) is 8.18. The topological polar surface area (TPSA) is 76.4 Å². The lowest BCUT2D eigenvalue weighted by atomic mass is 9.97. The Morgan fingerprint density at radius 3 is 2.63 bits per heavy atom. The van der Waals surface area contributed by atoms with E-state index in [4.69, 9.17) is 9.84 Å². The molecule has 1 amide bonds. The van der Waals surface area contributed by atoms with Crippen LogP contribution in [0.1, 0.15) is 18.5 Å². The molecule has 1 aliphatic heterocycles. The van der Waals surface area contributed by atoms with E-state index in [1.165, 1.54) is 12.1 Å². The quantitative estimate of drug-likeness (QED) is 0.675. The zero-order valence-electron chi connectivity index (χ0n) is 16.6. The predicted octanol–water partition coefficient (Wildman–Crippen LogP) is 3.77. The number of aliphatic hydroxyl groups excluding tert-OH is 1. The van der Waals surface area contributed by atoms with Gasteiger partial charge in [0.25, 0.3) is 5.91 Å². The molecule has 0 bridgehead atoms. The van der Waals surface area contributed by atoms with Crippen molar-refractivity contribution in [2.24, 2.45) is 5.41 Å². The van der Waals surface area contributed by atoms with Crippen LogP contribution < -0.4 is 10.1 Å². The largest absolute Gasteiger partial charge is 0.482 e. The number of amides is 1. The lowest BCUT2D eigenvalue weighted by Crippen LogP contribution is -2.25. The summed E-state index contributed by atoms with van der Waals surface area (Å²) >= 11 is 0. The number of benzene rings is 2. The lowest BCUT2D eigenvalue weighted by molar-refractivity contribution is -0.118. The zero-order valence-corrected chi connectivity index (χ0v) is 16.6. The summed E-state index contributed by atoms with van der Waals surface area (Å²) in [6.45, 7) is 2.66. The Kier molecular flexibility index (Phi) is 4.36. The van der Waals surface area contributed by atoms with Crippen LogP contribution >= 0.6 is 0 Å². The minimum absolute atomic E-state index is 0.00732. The fourth-order valence-corrected chi connectivity index (χ4v) is 4.04. The van der Waals surface area contributed by atoms with Crippen LogP contribution in [0.25, 0.3) is 22.4 Å². The number of hydrogen-bond acceptors (Lipinski definition) is 4. The number of rotatable bonds is 5. The van der Waals surface area contributed by atoms with E-state index in [2.05, 4.69) is 5.32 Å². The second kappa shape index (κ2) is 6.95. The Hall–Kier alpha value is -3.19. The van der Waals surface area contributed by atoms with Crippen molar-refractivity contribution >= 4 is 11.6 Å². The van der Waals surface area contributed by atoms with Gasteiger partial charge in [-0.25, -0.2) is 4.39 Å². The highest BCUT2D eigenvalue weighted by Gasteiger charge is 2.43. The Balaban J connectivity index is 1.66. The maximum absolute atomic E-state index is 13.6. The minimum Gasteiger partial charge on any atom is -0.482 e. The zero-order chi connectivity index (χ0) is 20.9. The van der Waals surface area contributed by atoms with E-state index >= 15 is 0 Å². The SMILES string of the molecule is Cc1nn(CC2(CO)CC2)c(-c2ccc(F)cc2)c1-c1ccc2c(c1)NC(=O)CO2. The van der Waals surface area contributed by atoms with Gasteiger partial charge >= 0.3 is 0 Å². The van der Waals surface area contributed by atoms with Crippen molar-refractivity contribution in [3.63, 3.8) is 0 Å². The average molecular weight is 407 g/mol. The van der Waals surface area contributed by atoms with Crippen molar-refractivity contribution in [3.05, 3.63) is 54.0 Å². The third kappa shape index (κ3) is 3.25. The maximum Gasteiger partial charge on any atom is 0.262 e. The first kappa shape index (κ1) is 18.8. The molecule has 3 aromatic rings. The Bertz CT molecular complexity index is 1130. The van der Waals surface area contributed by atoms with Gasteiger partial charge in [-0.2, -0.15) is 5.10 Å². The Labute approximate surface area is 173 Å². The molecule has 7 heteroatoms. The molecule has 2 aromatic carbocycles. The molecule has 5 rings (SSSR count). The highest BCUT2D eigenvalue weighted by atomic mass is 19.1. The van der Waals surface area contributed by atoms with Gasteiger partial charge in [-0.1, -0.05) is 6.07 Å². The molecule has 2 heterocycles.